The van der Waals surface area contributed by atoms with E-state index in [0.717, 1.165) is 19.5 Å². The molecule has 0 saturated carbocycles. The molecule has 2 heterocycles. The molecule has 2 rings (SSSR count). The lowest BCUT2D eigenvalue weighted by Gasteiger charge is -2.38. The Kier molecular flexibility index (Phi) is 5.51. The van der Waals surface area contributed by atoms with Crippen LogP contribution >= 0.6 is 15.9 Å². The lowest BCUT2D eigenvalue weighted by Crippen LogP contribution is -2.52. The highest BCUT2D eigenvalue weighted by molar-refractivity contribution is 9.10. The Morgan fingerprint density at radius 3 is 2.70 bits per heavy atom. The third kappa shape index (κ3) is 3.56. The van der Waals surface area contributed by atoms with E-state index in [4.69, 9.17) is 0 Å². The van der Waals surface area contributed by atoms with Crippen molar-refractivity contribution in [3.8, 4) is 0 Å². The number of pyridine rings is 1. The van der Waals surface area contributed by atoms with Crippen molar-refractivity contribution in [3.05, 3.63) is 28.5 Å². The van der Waals surface area contributed by atoms with Crippen LogP contribution in [0.3, 0.4) is 0 Å². The highest BCUT2D eigenvalue weighted by atomic mass is 79.9. The van der Waals surface area contributed by atoms with Crippen LogP contribution < -0.4 is 0 Å². The Labute approximate surface area is 127 Å². The number of carbonyl (C=O) groups excluding carboxylic acids is 1. The van der Waals surface area contributed by atoms with Gasteiger partial charge in [0.05, 0.1) is 6.61 Å². The number of nitrogens with zero attached hydrogens (tertiary/aromatic N) is 3. The molecule has 0 aliphatic carbocycles. The molecular weight excluding hydrogens is 322 g/mol. The van der Waals surface area contributed by atoms with E-state index in [9.17, 15) is 9.90 Å². The Morgan fingerprint density at radius 2 is 2.15 bits per heavy atom. The normalized spacial score (nSPS) is 18.1. The molecule has 20 heavy (non-hydrogen) atoms. The summed E-state index contributed by atoms with van der Waals surface area (Å²) in [5.41, 5.74) is 0.662. The predicted octanol–water partition coefficient (Wildman–Crippen LogP) is 1.37. The van der Waals surface area contributed by atoms with Gasteiger partial charge in [-0.3, -0.25) is 9.69 Å². The maximum absolute atomic E-state index is 12.4. The second-order valence-electron chi connectivity index (χ2n) is 4.94. The number of aromatic nitrogens is 1. The molecule has 1 atom stereocenters. The minimum Gasteiger partial charge on any atom is -0.395 e. The Bertz CT molecular complexity index is 457. The van der Waals surface area contributed by atoms with Crippen LogP contribution in [0.2, 0.25) is 0 Å². The van der Waals surface area contributed by atoms with Crippen LogP contribution in [-0.2, 0) is 0 Å². The van der Waals surface area contributed by atoms with Gasteiger partial charge in [0.15, 0.2) is 0 Å². The summed E-state index contributed by atoms with van der Waals surface area (Å²) in [5.74, 6) is 0.0461. The summed E-state index contributed by atoms with van der Waals surface area (Å²) in [7, 11) is 0. The maximum Gasteiger partial charge on any atom is 0.254 e. The van der Waals surface area contributed by atoms with Gasteiger partial charge in [-0.15, -0.1) is 0 Å². The summed E-state index contributed by atoms with van der Waals surface area (Å²) in [6.45, 7) is 5.30. The topological polar surface area (TPSA) is 56.7 Å². The summed E-state index contributed by atoms with van der Waals surface area (Å²) in [6, 6.07) is 3.70. The Balaban J connectivity index is 1.95. The third-order valence-electron chi connectivity index (χ3n) is 3.77. The number of carbonyl (C=O) groups is 1. The van der Waals surface area contributed by atoms with Crippen LogP contribution in [0.5, 0.6) is 0 Å². The van der Waals surface area contributed by atoms with Gasteiger partial charge in [-0.05, 0) is 34.5 Å². The highest BCUT2D eigenvalue weighted by Gasteiger charge is 2.25. The number of halogens is 1. The quantitative estimate of drug-likeness (QED) is 0.840. The van der Waals surface area contributed by atoms with Crippen LogP contribution in [0.4, 0.5) is 0 Å². The van der Waals surface area contributed by atoms with Gasteiger partial charge in [0.25, 0.3) is 5.91 Å². The molecular formula is C14H20BrN3O2. The summed E-state index contributed by atoms with van der Waals surface area (Å²) in [5, 5.41) is 9.33. The molecule has 6 heteroatoms. The molecule has 1 amide bonds. The van der Waals surface area contributed by atoms with Gasteiger partial charge in [0, 0.05) is 44.0 Å². The van der Waals surface area contributed by atoms with Crippen molar-refractivity contribution >= 4 is 21.8 Å². The fourth-order valence-corrected chi connectivity index (χ4v) is 2.88. The van der Waals surface area contributed by atoms with Crippen molar-refractivity contribution in [2.75, 3.05) is 32.8 Å². The zero-order valence-electron chi connectivity index (χ0n) is 11.6. The minimum atomic E-state index is 0.0461. The molecule has 1 aliphatic heterocycles. The first-order valence-corrected chi connectivity index (χ1v) is 7.70. The molecule has 1 aromatic heterocycles. The van der Waals surface area contributed by atoms with E-state index < -0.39 is 0 Å². The van der Waals surface area contributed by atoms with Crippen LogP contribution in [0.15, 0.2) is 22.9 Å². The van der Waals surface area contributed by atoms with Crippen LogP contribution in [-0.4, -0.2) is 64.6 Å². The molecule has 1 aliphatic rings. The summed E-state index contributed by atoms with van der Waals surface area (Å²) in [4.78, 5) is 20.5. The Hall–Kier alpha value is -0.980. The lowest BCUT2D eigenvalue weighted by molar-refractivity contribution is 0.0472. The zero-order valence-corrected chi connectivity index (χ0v) is 13.2. The zero-order chi connectivity index (χ0) is 14.5. The Morgan fingerprint density at radius 1 is 1.45 bits per heavy atom. The van der Waals surface area contributed by atoms with Crippen LogP contribution in [0.1, 0.15) is 23.7 Å². The first-order chi connectivity index (χ1) is 9.65. The van der Waals surface area contributed by atoms with Crippen molar-refractivity contribution in [3.63, 3.8) is 0 Å². The molecule has 1 N–H and O–H groups in total. The van der Waals surface area contributed by atoms with Crippen molar-refractivity contribution in [2.45, 2.75) is 19.4 Å². The molecule has 0 spiro atoms. The van der Waals surface area contributed by atoms with E-state index in [1.165, 1.54) is 0 Å². The molecule has 1 fully saturated rings. The fraction of sp³-hybridized carbons (Fsp3) is 0.571. The molecule has 0 bridgehead atoms. The summed E-state index contributed by atoms with van der Waals surface area (Å²) in [6.07, 6.45) is 2.56. The van der Waals surface area contributed by atoms with E-state index in [2.05, 4.69) is 32.7 Å². The van der Waals surface area contributed by atoms with Crippen LogP contribution in [0, 0.1) is 0 Å². The smallest absolute Gasteiger partial charge is 0.254 e. The summed E-state index contributed by atoms with van der Waals surface area (Å²) < 4.78 is 0.674. The number of hydrogen-bond acceptors (Lipinski definition) is 4. The third-order valence-corrected chi connectivity index (χ3v) is 4.21. The van der Waals surface area contributed by atoms with Crippen molar-refractivity contribution in [2.24, 2.45) is 0 Å². The van der Waals surface area contributed by atoms with E-state index in [1.807, 2.05) is 4.90 Å². The fourth-order valence-electron chi connectivity index (χ4n) is 2.51. The van der Waals surface area contributed by atoms with Gasteiger partial charge >= 0.3 is 0 Å². The number of aliphatic hydroxyl groups excluding tert-OH is 1. The van der Waals surface area contributed by atoms with E-state index in [0.29, 0.717) is 23.3 Å². The first kappa shape index (κ1) is 15.4. The lowest BCUT2D eigenvalue weighted by atomic mass is 10.1. The van der Waals surface area contributed by atoms with Crippen molar-refractivity contribution < 1.29 is 9.90 Å². The van der Waals surface area contributed by atoms with Gasteiger partial charge in [0.2, 0.25) is 0 Å². The average molecular weight is 342 g/mol. The summed E-state index contributed by atoms with van der Waals surface area (Å²) >= 11 is 3.28. The molecule has 0 aromatic carbocycles. The van der Waals surface area contributed by atoms with E-state index in [1.54, 1.807) is 18.3 Å². The van der Waals surface area contributed by atoms with E-state index in [-0.39, 0.29) is 18.6 Å². The molecule has 110 valence electrons. The standard InChI is InChI=1S/C14H20BrN3O2/c1-2-12(10-19)17-5-7-18(8-6-17)14(20)11-3-4-16-13(15)9-11/h3-4,9,12,19H,2,5-8,10H2,1H3. The number of aliphatic hydroxyl groups is 1. The number of rotatable bonds is 4. The van der Waals surface area contributed by atoms with E-state index >= 15 is 0 Å². The van der Waals surface area contributed by atoms with Crippen LogP contribution in [0.25, 0.3) is 0 Å². The van der Waals surface area contributed by atoms with Crippen molar-refractivity contribution in [1.29, 1.82) is 0 Å². The van der Waals surface area contributed by atoms with Gasteiger partial charge in [0.1, 0.15) is 4.60 Å². The number of amides is 1. The van der Waals surface area contributed by atoms with Gasteiger partial charge in [-0.2, -0.15) is 0 Å². The predicted molar refractivity (Wildman–Crippen MR) is 80.6 cm³/mol. The SMILES string of the molecule is CCC(CO)N1CCN(C(=O)c2ccnc(Br)c2)CC1. The second-order valence-corrected chi connectivity index (χ2v) is 5.75. The molecule has 1 saturated heterocycles. The molecule has 5 nitrogen and oxygen atoms in total. The van der Waals surface area contributed by atoms with Gasteiger partial charge < -0.3 is 10.0 Å². The van der Waals surface area contributed by atoms with Gasteiger partial charge in [-0.25, -0.2) is 4.98 Å². The first-order valence-electron chi connectivity index (χ1n) is 6.91. The maximum atomic E-state index is 12.4. The molecule has 1 aromatic rings. The number of hydrogen-bond donors (Lipinski definition) is 1. The highest BCUT2D eigenvalue weighted by Crippen LogP contribution is 2.14. The van der Waals surface area contributed by atoms with Crippen molar-refractivity contribution in [1.82, 2.24) is 14.8 Å². The average Bonchev–Trinajstić information content (AvgIpc) is 2.48. The second kappa shape index (κ2) is 7.15. The molecule has 1 unspecified atom stereocenters. The molecule has 0 radical (unpaired) electrons. The minimum absolute atomic E-state index is 0.0461. The van der Waals surface area contributed by atoms with Gasteiger partial charge in [-0.1, -0.05) is 6.92 Å². The monoisotopic (exact) mass is 341 g/mol. The largest absolute Gasteiger partial charge is 0.395 e. The number of piperazine rings is 1.